The Labute approximate surface area is 230 Å². The Balaban J connectivity index is 0.00000252. The van der Waals surface area contributed by atoms with E-state index in [0.717, 1.165) is 66.8 Å². The molecule has 3 aromatic carbocycles. The van der Waals surface area contributed by atoms with Gasteiger partial charge in [0.2, 0.25) is 0 Å². The Bertz CT molecular complexity index is 1810. The van der Waals surface area contributed by atoms with E-state index in [9.17, 15) is 0 Å². The van der Waals surface area contributed by atoms with E-state index in [1.165, 1.54) is 0 Å². The van der Waals surface area contributed by atoms with E-state index >= 15 is 0 Å². The van der Waals surface area contributed by atoms with Gasteiger partial charge >= 0.3 is 0 Å². The van der Waals surface area contributed by atoms with Crippen molar-refractivity contribution in [3.8, 4) is 22.6 Å². The quantitative estimate of drug-likeness (QED) is 0.159. The predicted molar refractivity (Wildman–Crippen MR) is 146 cm³/mol. The van der Waals surface area contributed by atoms with Gasteiger partial charge in [0.25, 0.3) is 0 Å². The SMILES string of the molecule is CC1(C)c2[c-]c(ccc2)-c2cccc(n2)Cc2nc(cc3ccccc23)-c2cc3ccccc3c1n2.[Pt]. The molecule has 0 amide bonds. The maximum absolute atomic E-state index is 5.31. The molecule has 7 rings (SSSR count). The molecule has 37 heavy (non-hydrogen) atoms. The van der Waals surface area contributed by atoms with Crippen LogP contribution in [0, 0.1) is 6.07 Å². The van der Waals surface area contributed by atoms with E-state index in [-0.39, 0.29) is 26.5 Å². The molecule has 8 bridgehead atoms. The minimum absolute atomic E-state index is 0. The third kappa shape index (κ3) is 3.99. The Hall–Kier alpha value is -3.68. The standard InChI is InChI=1S/C33H24N3.Pt/c1-33(2)24-12-7-11-23(17-24)28-16-8-13-25(34-28)20-29-26-14-5-3-9-21(26)18-30(35-29)31-19-22-10-4-6-15-27(22)32(33)36-31;/h3-16,18-19H,20H2,1-2H3;/q-1;. The monoisotopic (exact) mass is 657 g/mol. The van der Waals surface area contributed by atoms with E-state index in [1.54, 1.807) is 0 Å². The van der Waals surface area contributed by atoms with Crippen LogP contribution in [0.3, 0.4) is 0 Å². The third-order valence-electron chi connectivity index (χ3n) is 7.31. The van der Waals surface area contributed by atoms with Crippen LogP contribution in [-0.4, -0.2) is 15.0 Å². The Morgan fingerprint density at radius 2 is 1.32 bits per heavy atom. The zero-order chi connectivity index (χ0) is 24.3. The molecule has 4 heterocycles. The van der Waals surface area contributed by atoms with Gasteiger partial charge in [-0.1, -0.05) is 74.5 Å². The van der Waals surface area contributed by atoms with E-state index in [4.69, 9.17) is 15.0 Å². The summed E-state index contributed by atoms with van der Waals surface area (Å²) in [6.45, 7) is 4.46. The molecule has 0 saturated heterocycles. The molecule has 0 saturated carbocycles. The van der Waals surface area contributed by atoms with Crippen molar-refractivity contribution in [3.63, 3.8) is 0 Å². The molecule has 1 aliphatic rings. The van der Waals surface area contributed by atoms with Crippen molar-refractivity contribution in [3.05, 3.63) is 126 Å². The normalized spacial score (nSPS) is 13.6. The largest absolute Gasteiger partial charge is 0.301 e. The summed E-state index contributed by atoms with van der Waals surface area (Å²) in [5.74, 6) is 0. The van der Waals surface area contributed by atoms with Gasteiger partial charge in [0.15, 0.2) is 0 Å². The summed E-state index contributed by atoms with van der Waals surface area (Å²) in [4.78, 5) is 15.5. The maximum atomic E-state index is 5.31. The topological polar surface area (TPSA) is 38.7 Å². The number of aromatic nitrogens is 3. The first-order valence-electron chi connectivity index (χ1n) is 12.3. The van der Waals surface area contributed by atoms with Crippen molar-refractivity contribution >= 4 is 21.5 Å². The van der Waals surface area contributed by atoms with Crippen LogP contribution in [-0.2, 0) is 32.9 Å². The van der Waals surface area contributed by atoms with Gasteiger partial charge in [0, 0.05) is 49.4 Å². The molecule has 0 spiro atoms. The molecule has 3 aromatic heterocycles. The van der Waals surface area contributed by atoms with Crippen LogP contribution in [0.25, 0.3) is 44.2 Å². The molecular formula is C33H24N3Pt-. The van der Waals surface area contributed by atoms with Gasteiger partial charge in [0.1, 0.15) is 0 Å². The minimum atomic E-state index is -0.382. The van der Waals surface area contributed by atoms with E-state index in [2.05, 4.69) is 117 Å². The first-order chi connectivity index (χ1) is 17.6. The number of fused-ring (bicyclic) bond motifs is 14. The van der Waals surface area contributed by atoms with Crippen LogP contribution < -0.4 is 0 Å². The van der Waals surface area contributed by atoms with Gasteiger partial charge in [-0.05, 0) is 34.7 Å². The van der Waals surface area contributed by atoms with Crippen molar-refractivity contribution in [1.82, 2.24) is 15.0 Å². The summed E-state index contributed by atoms with van der Waals surface area (Å²) in [5, 5.41) is 4.63. The van der Waals surface area contributed by atoms with Gasteiger partial charge in [0.05, 0.1) is 22.8 Å². The minimum Gasteiger partial charge on any atom is -0.301 e. The first-order valence-corrected chi connectivity index (χ1v) is 12.3. The van der Waals surface area contributed by atoms with Crippen LogP contribution in [0.15, 0.2) is 97.1 Å². The molecule has 6 aromatic rings. The number of rotatable bonds is 0. The van der Waals surface area contributed by atoms with Crippen molar-refractivity contribution in [2.75, 3.05) is 0 Å². The van der Waals surface area contributed by atoms with Crippen LogP contribution >= 0.6 is 0 Å². The van der Waals surface area contributed by atoms with Crippen LogP contribution in [0.4, 0.5) is 0 Å². The van der Waals surface area contributed by atoms with Crippen molar-refractivity contribution in [2.24, 2.45) is 0 Å². The number of hydrogen-bond donors (Lipinski definition) is 0. The average molecular weight is 658 g/mol. The fourth-order valence-corrected chi connectivity index (χ4v) is 5.35. The number of pyridine rings is 3. The second-order valence-electron chi connectivity index (χ2n) is 10.0. The molecule has 0 fully saturated rings. The Kier molecular flexibility index (Phi) is 5.77. The molecule has 3 nitrogen and oxygen atoms in total. The summed E-state index contributed by atoms with van der Waals surface area (Å²) < 4.78 is 0. The van der Waals surface area contributed by atoms with E-state index < -0.39 is 0 Å². The summed E-state index contributed by atoms with van der Waals surface area (Å²) in [6, 6.07) is 37.6. The molecule has 182 valence electrons. The molecule has 0 aliphatic carbocycles. The number of nitrogens with zero attached hydrogens (tertiary/aromatic N) is 3. The fraction of sp³-hybridized carbons (Fsp3) is 0.121. The van der Waals surface area contributed by atoms with Crippen LogP contribution in [0.2, 0.25) is 0 Å². The van der Waals surface area contributed by atoms with Crippen molar-refractivity contribution < 1.29 is 21.1 Å². The zero-order valence-corrected chi connectivity index (χ0v) is 22.9. The van der Waals surface area contributed by atoms with Crippen LogP contribution in [0.1, 0.15) is 36.5 Å². The van der Waals surface area contributed by atoms with Gasteiger partial charge in [-0.25, -0.2) is 4.98 Å². The Morgan fingerprint density at radius 1 is 0.649 bits per heavy atom. The van der Waals surface area contributed by atoms with E-state index in [1.807, 2.05) is 0 Å². The molecule has 0 N–H and O–H groups in total. The van der Waals surface area contributed by atoms with Gasteiger partial charge in [-0.2, -0.15) is 0 Å². The summed E-state index contributed by atoms with van der Waals surface area (Å²) in [5.41, 5.74) is 7.43. The Morgan fingerprint density at radius 3 is 2.14 bits per heavy atom. The third-order valence-corrected chi connectivity index (χ3v) is 7.31. The maximum Gasteiger partial charge on any atom is 0.0896 e. The molecule has 0 radical (unpaired) electrons. The van der Waals surface area contributed by atoms with Crippen molar-refractivity contribution in [1.29, 1.82) is 0 Å². The molecule has 0 atom stereocenters. The van der Waals surface area contributed by atoms with E-state index in [0.29, 0.717) is 6.42 Å². The van der Waals surface area contributed by atoms with Crippen molar-refractivity contribution in [2.45, 2.75) is 25.7 Å². The molecular weight excluding hydrogens is 633 g/mol. The second kappa shape index (κ2) is 9.01. The molecule has 4 heteroatoms. The predicted octanol–water partition coefficient (Wildman–Crippen LogP) is 7.54. The number of hydrogen-bond acceptors (Lipinski definition) is 3. The van der Waals surface area contributed by atoms with Gasteiger partial charge in [-0.15, -0.1) is 35.4 Å². The van der Waals surface area contributed by atoms with Crippen LogP contribution in [0.5, 0.6) is 0 Å². The van der Waals surface area contributed by atoms with Gasteiger partial charge in [-0.3, -0.25) is 4.98 Å². The summed E-state index contributed by atoms with van der Waals surface area (Å²) >= 11 is 0. The molecule has 1 aliphatic heterocycles. The summed E-state index contributed by atoms with van der Waals surface area (Å²) in [6.07, 6.45) is 0.647. The zero-order valence-electron chi connectivity index (χ0n) is 20.6. The smallest absolute Gasteiger partial charge is 0.0896 e. The average Bonchev–Trinajstić information content (AvgIpc) is 2.92. The van der Waals surface area contributed by atoms with Gasteiger partial charge < -0.3 is 4.98 Å². The first kappa shape index (κ1) is 23.7. The molecule has 0 unspecified atom stereocenters. The summed E-state index contributed by atoms with van der Waals surface area (Å²) in [7, 11) is 0. The number of benzene rings is 3. The second-order valence-corrected chi connectivity index (χ2v) is 10.0. The fourth-order valence-electron chi connectivity index (χ4n) is 5.35.